The number of rotatable bonds is 8. The fraction of sp³-hybridized carbons (Fsp3) is 0.323. The van der Waals surface area contributed by atoms with Crippen LogP contribution in [0, 0.1) is 6.92 Å². The summed E-state index contributed by atoms with van der Waals surface area (Å²) < 4.78 is 20.8. The molecule has 0 saturated carbocycles. The molecule has 0 bridgehead atoms. The highest BCUT2D eigenvalue weighted by molar-refractivity contribution is 6.25. The second-order valence-corrected chi connectivity index (χ2v) is 10.8. The number of allylic oxidation sites excluding steroid dienone is 2. The number of nitrogens with two attached hydrogens (primary N) is 2. The zero-order valence-electron chi connectivity index (χ0n) is 26.0. The number of aliphatic hydroxyl groups is 4. The lowest BCUT2D eigenvalue weighted by atomic mass is 9.92. The first kappa shape index (κ1) is 34.0. The van der Waals surface area contributed by atoms with Crippen LogP contribution in [-0.2, 0) is 9.47 Å². The smallest absolute Gasteiger partial charge is 0.270 e. The van der Waals surface area contributed by atoms with Gasteiger partial charge >= 0.3 is 0 Å². The summed E-state index contributed by atoms with van der Waals surface area (Å²) in [5.74, 6) is -3.09. The van der Waals surface area contributed by atoms with E-state index in [2.05, 4.69) is 15.3 Å². The number of nitrogen functional groups attached to an aromatic ring is 1. The van der Waals surface area contributed by atoms with Gasteiger partial charge in [-0.15, -0.1) is 0 Å². The number of phenolic OH excluding ortho intramolecular Hbond substituents is 1. The number of nitrogens with one attached hydrogen (secondary N) is 1. The fourth-order valence-electron chi connectivity index (χ4n) is 5.67. The van der Waals surface area contributed by atoms with E-state index in [9.17, 15) is 39.9 Å². The molecule has 254 valence electrons. The number of fused-ring (bicyclic) bond motifs is 1. The number of aliphatic hydroxyl groups excluding tert-OH is 4. The highest BCUT2D eigenvalue weighted by Gasteiger charge is 2.45. The van der Waals surface area contributed by atoms with Crippen LogP contribution in [0.4, 0.5) is 5.69 Å². The van der Waals surface area contributed by atoms with Crippen molar-refractivity contribution in [2.75, 3.05) is 33.7 Å². The number of pyridine rings is 2. The van der Waals surface area contributed by atoms with E-state index in [4.69, 9.17) is 30.4 Å². The maximum Gasteiger partial charge on any atom is 0.270 e. The summed E-state index contributed by atoms with van der Waals surface area (Å²) >= 11 is 0. The van der Waals surface area contributed by atoms with Crippen LogP contribution in [0.2, 0.25) is 0 Å². The van der Waals surface area contributed by atoms with Gasteiger partial charge in [-0.3, -0.25) is 14.4 Å². The Morgan fingerprint density at radius 1 is 0.938 bits per heavy atom. The van der Waals surface area contributed by atoms with Gasteiger partial charge in [0.25, 0.3) is 5.91 Å². The third-order valence-electron chi connectivity index (χ3n) is 8.18. The Morgan fingerprint density at radius 3 is 2.25 bits per heavy atom. The highest BCUT2D eigenvalue weighted by atomic mass is 16.6. The monoisotopic (exact) mass is 667 g/mol. The highest BCUT2D eigenvalue weighted by Crippen LogP contribution is 2.47. The van der Waals surface area contributed by atoms with Crippen LogP contribution in [0.15, 0.2) is 35.7 Å². The average molecular weight is 668 g/mol. The van der Waals surface area contributed by atoms with E-state index in [1.54, 1.807) is 0 Å². The number of hydrogen-bond acceptors (Lipinski definition) is 16. The molecule has 1 aliphatic heterocycles. The fourth-order valence-corrected chi connectivity index (χ4v) is 5.67. The van der Waals surface area contributed by atoms with Gasteiger partial charge in [0, 0.05) is 11.1 Å². The number of benzene rings is 1. The Bertz CT molecular complexity index is 1860. The van der Waals surface area contributed by atoms with E-state index in [0.29, 0.717) is 0 Å². The van der Waals surface area contributed by atoms with Gasteiger partial charge in [-0.05, 0) is 36.8 Å². The van der Waals surface area contributed by atoms with Gasteiger partial charge in [0.15, 0.2) is 23.5 Å². The number of hydrogen-bond donors (Lipinski definition) is 8. The molecule has 1 aromatic carbocycles. The van der Waals surface area contributed by atoms with E-state index in [-0.39, 0.29) is 68.0 Å². The van der Waals surface area contributed by atoms with Crippen molar-refractivity contribution < 1.29 is 58.9 Å². The van der Waals surface area contributed by atoms with E-state index in [0.717, 1.165) is 0 Å². The van der Waals surface area contributed by atoms with Crippen LogP contribution in [0.3, 0.4) is 0 Å². The molecule has 5 atom stereocenters. The minimum absolute atomic E-state index is 0.0524. The first-order valence-corrected chi connectivity index (χ1v) is 14.3. The molecule has 0 spiro atoms. The number of anilines is 1. The standard InChI is InChI=1S/C31H33N5O12/c1-10-16(11-6-8-14(45-2)28(46-3)23(11)38)17(32)21(13-7-5-12-20(34-13)26(41)18(33)29(47-4)24(12)39)35-19(10)30(43)36-22-27(42)25(40)15(9-37)48-31(22)44/h5-8,15,22,25,27,31,37-38,40,42,44H,9,32-33H2,1-4H3,(H,36,43)/t15-,22-,25-,27-,31?/m1/s1. The van der Waals surface area contributed by atoms with Crippen LogP contribution in [0.25, 0.3) is 22.5 Å². The summed E-state index contributed by atoms with van der Waals surface area (Å²) in [6, 6.07) is 3.99. The van der Waals surface area contributed by atoms with Gasteiger partial charge in [0.05, 0.1) is 44.9 Å². The first-order valence-electron chi connectivity index (χ1n) is 14.3. The number of carbonyl (C=O) groups excluding carboxylic acids is 3. The van der Waals surface area contributed by atoms with Crippen LogP contribution in [0.5, 0.6) is 17.2 Å². The molecular weight excluding hydrogens is 634 g/mol. The summed E-state index contributed by atoms with van der Waals surface area (Å²) in [4.78, 5) is 48.6. The third kappa shape index (κ3) is 5.42. The van der Waals surface area contributed by atoms with Gasteiger partial charge < -0.3 is 61.3 Å². The van der Waals surface area contributed by atoms with Crippen LogP contribution in [-0.4, -0.2) is 112 Å². The molecule has 3 heterocycles. The molecule has 17 nitrogen and oxygen atoms in total. The minimum Gasteiger partial charge on any atom is -0.504 e. The molecule has 1 unspecified atom stereocenters. The first-order chi connectivity index (χ1) is 22.8. The summed E-state index contributed by atoms with van der Waals surface area (Å²) in [5, 5.41) is 54.5. The largest absolute Gasteiger partial charge is 0.504 e. The molecule has 1 aliphatic carbocycles. The lowest BCUT2D eigenvalue weighted by Crippen LogP contribution is -2.64. The molecule has 1 amide bonds. The van der Waals surface area contributed by atoms with Crippen molar-refractivity contribution in [2.24, 2.45) is 5.73 Å². The topological polar surface area (TPSA) is 279 Å². The van der Waals surface area contributed by atoms with Crippen molar-refractivity contribution in [1.82, 2.24) is 15.3 Å². The van der Waals surface area contributed by atoms with E-state index >= 15 is 0 Å². The molecule has 10 N–H and O–H groups in total. The number of ketones is 2. The Morgan fingerprint density at radius 2 is 1.62 bits per heavy atom. The number of aromatic hydroxyl groups is 1. The number of methoxy groups -OCH3 is 3. The number of Topliss-reactive ketones (excluding diaryl/α,β-unsaturated/α-hetero) is 2. The Hall–Kier alpha value is -5.33. The lowest BCUT2D eigenvalue weighted by Gasteiger charge is -2.40. The quantitative estimate of drug-likeness (QED) is 0.145. The number of nitrogens with zero attached hydrogens (tertiary/aromatic N) is 2. The Labute approximate surface area is 272 Å². The van der Waals surface area contributed by atoms with Gasteiger partial charge in [-0.25, -0.2) is 9.97 Å². The van der Waals surface area contributed by atoms with Gasteiger partial charge in [-0.1, -0.05) is 0 Å². The van der Waals surface area contributed by atoms with E-state index < -0.39 is 66.2 Å². The van der Waals surface area contributed by atoms with Gasteiger partial charge in [0.2, 0.25) is 17.3 Å². The molecule has 2 aliphatic rings. The second kappa shape index (κ2) is 13.1. The van der Waals surface area contributed by atoms with Crippen molar-refractivity contribution >= 4 is 23.2 Å². The molecule has 1 saturated heterocycles. The molecule has 2 aromatic heterocycles. The zero-order valence-corrected chi connectivity index (χ0v) is 26.0. The molecule has 5 rings (SSSR count). The van der Waals surface area contributed by atoms with Crippen LogP contribution in [0.1, 0.15) is 36.9 Å². The molecule has 1 fully saturated rings. The SMILES string of the molecule is COC1=C(N)C(=O)c2nc(-c3nc(C(=O)N[C@H]4C(O)O[C@H](CO)[C@@H](O)[C@@H]4O)c(C)c(-c4ccc(OC)c(OC)c4O)c3N)ccc2C1=O. The molecule has 17 heteroatoms. The van der Waals surface area contributed by atoms with Crippen molar-refractivity contribution in [3.63, 3.8) is 0 Å². The number of carbonyl (C=O) groups is 3. The summed E-state index contributed by atoms with van der Waals surface area (Å²) in [5.41, 5.74) is 11.2. The third-order valence-corrected chi connectivity index (χ3v) is 8.18. The lowest BCUT2D eigenvalue weighted by molar-refractivity contribution is -0.252. The van der Waals surface area contributed by atoms with Crippen LogP contribution < -0.4 is 26.3 Å². The van der Waals surface area contributed by atoms with Gasteiger partial charge in [-0.2, -0.15) is 0 Å². The van der Waals surface area contributed by atoms with Crippen molar-refractivity contribution in [2.45, 2.75) is 37.6 Å². The normalized spacial score (nSPS) is 22.3. The molecular formula is C31H33N5O12. The van der Waals surface area contributed by atoms with E-state index in [1.165, 1.54) is 52.5 Å². The molecule has 3 aromatic rings. The molecule has 0 radical (unpaired) electrons. The summed E-state index contributed by atoms with van der Waals surface area (Å²) in [6.07, 6.45) is -6.59. The van der Waals surface area contributed by atoms with Crippen LogP contribution >= 0.6 is 0 Å². The summed E-state index contributed by atoms with van der Waals surface area (Å²) in [6.45, 7) is 0.751. The molecule has 48 heavy (non-hydrogen) atoms. The zero-order chi connectivity index (χ0) is 35.2. The maximum atomic E-state index is 13.8. The Kier molecular flexibility index (Phi) is 9.25. The van der Waals surface area contributed by atoms with E-state index in [1.807, 2.05) is 0 Å². The van der Waals surface area contributed by atoms with Gasteiger partial charge in [0.1, 0.15) is 47.1 Å². The van der Waals surface area contributed by atoms with Crippen molar-refractivity contribution in [3.8, 4) is 39.8 Å². The van der Waals surface area contributed by atoms with Crippen molar-refractivity contribution in [1.29, 1.82) is 0 Å². The number of aromatic nitrogens is 2. The second-order valence-electron chi connectivity index (χ2n) is 10.8. The Balaban J connectivity index is 1.71. The summed E-state index contributed by atoms with van der Waals surface area (Å²) in [7, 11) is 3.86. The average Bonchev–Trinajstić information content (AvgIpc) is 3.07. The minimum atomic E-state index is -1.84. The number of amides is 1. The predicted molar refractivity (Wildman–Crippen MR) is 165 cm³/mol. The maximum absolute atomic E-state index is 13.8. The predicted octanol–water partition coefficient (Wildman–Crippen LogP) is -0.851. The van der Waals surface area contributed by atoms with Crippen molar-refractivity contribution in [3.05, 3.63) is 58.2 Å². The number of phenols is 1. The number of ether oxygens (including phenoxy) is 4.